The van der Waals surface area contributed by atoms with E-state index in [1.165, 1.54) is 4.90 Å². The Morgan fingerprint density at radius 3 is 2.42 bits per heavy atom. The number of imide groups is 1. The summed E-state index contributed by atoms with van der Waals surface area (Å²) in [6.07, 6.45) is 1.71. The van der Waals surface area contributed by atoms with Crippen LogP contribution in [0.25, 0.3) is 6.08 Å². The van der Waals surface area contributed by atoms with Gasteiger partial charge in [0.05, 0.1) is 29.7 Å². The first-order valence-corrected chi connectivity index (χ1v) is 8.89. The van der Waals surface area contributed by atoms with Crippen molar-refractivity contribution in [1.82, 2.24) is 4.90 Å². The van der Waals surface area contributed by atoms with Gasteiger partial charge in [0.15, 0.2) is 0 Å². The molecule has 2 aromatic rings. The number of nitrogens with zero attached hydrogens (tertiary/aromatic N) is 2. The van der Waals surface area contributed by atoms with E-state index in [-0.39, 0.29) is 17.7 Å². The molecule has 2 aromatic carbocycles. The number of nitriles is 1. The molecule has 1 saturated heterocycles. The summed E-state index contributed by atoms with van der Waals surface area (Å²) in [7, 11) is 0. The number of carbonyl (C=O) groups is 2. The van der Waals surface area contributed by atoms with E-state index in [1.807, 2.05) is 37.3 Å². The molecule has 6 heteroatoms. The zero-order valence-electron chi connectivity index (χ0n) is 14.1. The molecule has 0 aromatic heterocycles. The first kappa shape index (κ1) is 17.8. The summed E-state index contributed by atoms with van der Waals surface area (Å²) in [4.78, 5) is 26.4. The van der Waals surface area contributed by atoms with Gasteiger partial charge in [0.1, 0.15) is 5.75 Å². The lowest BCUT2D eigenvalue weighted by molar-refractivity contribution is -0.123. The highest BCUT2D eigenvalue weighted by Gasteiger charge is 2.34. The molecule has 1 aliphatic heterocycles. The Bertz CT molecular complexity index is 896. The van der Waals surface area contributed by atoms with Crippen LogP contribution in [0.1, 0.15) is 23.6 Å². The molecule has 1 fully saturated rings. The van der Waals surface area contributed by atoms with Crippen LogP contribution in [0.15, 0.2) is 53.4 Å². The third-order valence-corrected chi connectivity index (χ3v) is 4.69. The number of benzene rings is 2. The highest BCUT2D eigenvalue weighted by atomic mass is 32.2. The van der Waals surface area contributed by atoms with Gasteiger partial charge in [0.25, 0.3) is 11.1 Å². The van der Waals surface area contributed by atoms with E-state index in [2.05, 4.69) is 0 Å². The van der Waals surface area contributed by atoms with Crippen molar-refractivity contribution in [2.45, 2.75) is 13.5 Å². The van der Waals surface area contributed by atoms with Crippen LogP contribution in [0.3, 0.4) is 0 Å². The molecule has 0 N–H and O–H groups in total. The Kier molecular flexibility index (Phi) is 5.40. The normalized spacial score (nSPS) is 15.4. The van der Waals surface area contributed by atoms with Crippen LogP contribution in [0, 0.1) is 11.3 Å². The molecule has 5 nitrogen and oxygen atoms in total. The summed E-state index contributed by atoms with van der Waals surface area (Å²) in [5, 5.41) is 8.54. The van der Waals surface area contributed by atoms with Crippen LogP contribution in [0.4, 0.5) is 4.79 Å². The molecule has 0 bridgehead atoms. The average Bonchev–Trinajstić information content (AvgIpc) is 2.91. The van der Waals surface area contributed by atoms with Crippen LogP contribution in [-0.2, 0) is 11.3 Å². The van der Waals surface area contributed by atoms with E-state index >= 15 is 0 Å². The van der Waals surface area contributed by atoms with E-state index < -0.39 is 0 Å². The minimum Gasteiger partial charge on any atom is -0.494 e. The van der Waals surface area contributed by atoms with Crippen molar-refractivity contribution < 1.29 is 14.3 Å². The van der Waals surface area contributed by atoms with Crippen LogP contribution in [0.2, 0.25) is 0 Å². The molecule has 0 aliphatic carbocycles. The monoisotopic (exact) mass is 364 g/mol. The van der Waals surface area contributed by atoms with Gasteiger partial charge in [-0.15, -0.1) is 0 Å². The molecule has 2 amide bonds. The van der Waals surface area contributed by atoms with Crippen molar-refractivity contribution in [2.75, 3.05) is 6.61 Å². The lowest BCUT2D eigenvalue weighted by atomic mass is 10.1. The number of amides is 2. The molecule has 3 rings (SSSR count). The lowest BCUT2D eigenvalue weighted by Gasteiger charge is -2.12. The number of rotatable bonds is 5. The Labute approximate surface area is 155 Å². The molecule has 26 heavy (non-hydrogen) atoms. The molecule has 1 aliphatic rings. The quantitative estimate of drug-likeness (QED) is 0.744. The maximum absolute atomic E-state index is 12.6. The molecule has 0 spiro atoms. The highest BCUT2D eigenvalue weighted by molar-refractivity contribution is 8.18. The molecular weight excluding hydrogens is 348 g/mol. The number of ether oxygens (including phenoxy) is 1. The van der Waals surface area contributed by atoms with E-state index in [9.17, 15) is 9.59 Å². The van der Waals surface area contributed by atoms with Gasteiger partial charge in [-0.2, -0.15) is 5.26 Å². The van der Waals surface area contributed by atoms with Gasteiger partial charge in [-0.25, -0.2) is 0 Å². The third kappa shape index (κ3) is 3.95. The van der Waals surface area contributed by atoms with Gasteiger partial charge in [-0.1, -0.05) is 24.3 Å². The van der Waals surface area contributed by atoms with Crippen molar-refractivity contribution in [1.29, 1.82) is 5.26 Å². The Morgan fingerprint density at radius 1 is 1.12 bits per heavy atom. The van der Waals surface area contributed by atoms with Crippen molar-refractivity contribution in [3.05, 3.63) is 70.1 Å². The van der Waals surface area contributed by atoms with Crippen LogP contribution >= 0.6 is 11.8 Å². The largest absolute Gasteiger partial charge is 0.494 e. The van der Waals surface area contributed by atoms with E-state index in [4.69, 9.17) is 10.00 Å². The van der Waals surface area contributed by atoms with E-state index in [1.54, 1.807) is 30.3 Å². The van der Waals surface area contributed by atoms with Crippen LogP contribution in [-0.4, -0.2) is 22.7 Å². The van der Waals surface area contributed by atoms with Crippen molar-refractivity contribution in [3.8, 4) is 11.8 Å². The number of hydrogen-bond acceptors (Lipinski definition) is 5. The smallest absolute Gasteiger partial charge is 0.293 e. The second-order valence-corrected chi connectivity index (χ2v) is 6.57. The third-order valence-electron chi connectivity index (χ3n) is 3.79. The van der Waals surface area contributed by atoms with Crippen molar-refractivity contribution in [2.24, 2.45) is 0 Å². The Hall–Kier alpha value is -3.04. The van der Waals surface area contributed by atoms with Gasteiger partial charge in [0.2, 0.25) is 0 Å². The predicted octanol–water partition coefficient (Wildman–Crippen LogP) is 4.19. The average molecular weight is 364 g/mol. The van der Waals surface area contributed by atoms with Gasteiger partial charge < -0.3 is 4.74 Å². The fourth-order valence-electron chi connectivity index (χ4n) is 2.48. The van der Waals surface area contributed by atoms with Gasteiger partial charge >= 0.3 is 0 Å². The zero-order valence-corrected chi connectivity index (χ0v) is 15.0. The summed E-state index contributed by atoms with van der Waals surface area (Å²) in [5.74, 6) is 0.455. The zero-order chi connectivity index (χ0) is 18.5. The van der Waals surface area contributed by atoms with E-state index in [0.717, 1.165) is 28.6 Å². The van der Waals surface area contributed by atoms with Crippen LogP contribution in [0.5, 0.6) is 5.75 Å². The molecule has 0 atom stereocenters. The molecule has 1 heterocycles. The lowest BCUT2D eigenvalue weighted by Crippen LogP contribution is -2.27. The fourth-order valence-corrected chi connectivity index (χ4v) is 3.32. The minimum absolute atomic E-state index is 0.191. The topological polar surface area (TPSA) is 70.4 Å². The SMILES string of the molecule is CCOc1ccc(/C=C2\SC(=O)N(Cc3ccc(C#N)cc3)C2=O)cc1. The summed E-state index contributed by atoms with van der Waals surface area (Å²) in [5.41, 5.74) is 2.17. The summed E-state index contributed by atoms with van der Waals surface area (Å²) in [6, 6.07) is 16.2. The van der Waals surface area contributed by atoms with Crippen molar-refractivity contribution >= 4 is 29.0 Å². The first-order valence-electron chi connectivity index (χ1n) is 8.08. The molecule has 0 saturated carbocycles. The summed E-state index contributed by atoms with van der Waals surface area (Å²) >= 11 is 0.933. The second-order valence-electron chi connectivity index (χ2n) is 5.58. The molecule has 0 unspecified atom stereocenters. The number of hydrogen-bond donors (Lipinski definition) is 0. The summed E-state index contributed by atoms with van der Waals surface area (Å²) in [6.45, 7) is 2.70. The minimum atomic E-state index is -0.307. The standard InChI is InChI=1S/C20H16N2O3S/c1-2-25-17-9-7-14(8-10-17)11-18-19(23)22(20(24)26-18)13-16-5-3-15(12-21)4-6-16/h3-11H,2,13H2,1H3/b18-11-. The number of thioether (sulfide) groups is 1. The number of carbonyl (C=O) groups excluding carboxylic acids is 2. The maximum Gasteiger partial charge on any atom is 0.293 e. The van der Waals surface area contributed by atoms with Gasteiger partial charge in [-0.3, -0.25) is 14.5 Å². The van der Waals surface area contributed by atoms with E-state index in [0.29, 0.717) is 17.1 Å². The Balaban J connectivity index is 1.74. The van der Waals surface area contributed by atoms with Gasteiger partial charge in [0, 0.05) is 0 Å². The van der Waals surface area contributed by atoms with Crippen molar-refractivity contribution in [3.63, 3.8) is 0 Å². The fraction of sp³-hybridized carbons (Fsp3) is 0.150. The predicted molar refractivity (Wildman–Crippen MR) is 100 cm³/mol. The maximum atomic E-state index is 12.6. The highest BCUT2D eigenvalue weighted by Crippen LogP contribution is 2.33. The van der Waals surface area contributed by atoms with Gasteiger partial charge in [-0.05, 0) is 60.2 Å². The molecule has 130 valence electrons. The molecular formula is C20H16N2O3S. The summed E-state index contributed by atoms with van der Waals surface area (Å²) < 4.78 is 5.39. The Morgan fingerprint density at radius 2 is 1.81 bits per heavy atom. The first-order chi connectivity index (χ1) is 12.6. The van der Waals surface area contributed by atoms with Crippen LogP contribution < -0.4 is 4.74 Å². The second kappa shape index (κ2) is 7.89. The molecule has 0 radical (unpaired) electrons.